The second-order valence-corrected chi connectivity index (χ2v) is 7.61. The van der Waals surface area contributed by atoms with Gasteiger partial charge in [0, 0.05) is 17.5 Å². The Balaban J connectivity index is 1.92. The van der Waals surface area contributed by atoms with Crippen molar-refractivity contribution >= 4 is 22.7 Å². The first-order valence-corrected chi connectivity index (χ1v) is 10.6. The number of fused-ring (bicyclic) bond motifs is 1. The molecular weight excluding hydrogens is 394 g/mol. The molecule has 164 valence electrons. The third kappa shape index (κ3) is 4.97. The molecule has 0 amide bonds. The number of benzene rings is 2. The van der Waals surface area contributed by atoms with Crippen molar-refractivity contribution in [1.82, 2.24) is 4.90 Å². The lowest BCUT2D eigenvalue weighted by Crippen LogP contribution is -2.28. The molecule has 0 spiro atoms. The summed E-state index contributed by atoms with van der Waals surface area (Å²) in [7, 11) is 0. The lowest BCUT2D eigenvalue weighted by molar-refractivity contribution is -0.136. The standard InChI is InChI=1S/C25H29NO5/c1-5-26(6-2)11-12-30-25-16(3)13-18(14-17(25)4)24(29)23-19-9-7-8-10-20(19)31-21(23)15-22(27)28/h7-10,13-14H,5-6,11-12,15H2,1-4H3,(H,27,28). The fraction of sp³-hybridized carbons (Fsp3) is 0.360. The number of hydrogen-bond acceptors (Lipinski definition) is 5. The van der Waals surface area contributed by atoms with E-state index in [9.17, 15) is 14.7 Å². The van der Waals surface area contributed by atoms with Crippen LogP contribution in [0.25, 0.3) is 11.0 Å². The number of aliphatic carboxylic acids is 1. The topological polar surface area (TPSA) is 80.0 Å². The summed E-state index contributed by atoms with van der Waals surface area (Å²) in [6.07, 6.45) is -0.347. The van der Waals surface area contributed by atoms with Crippen LogP contribution < -0.4 is 4.74 Å². The number of rotatable bonds is 10. The van der Waals surface area contributed by atoms with Crippen molar-refractivity contribution in [1.29, 1.82) is 0 Å². The Kier molecular flexibility index (Phi) is 7.13. The van der Waals surface area contributed by atoms with Gasteiger partial charge in [-0.05, 0) is 56.3 Å². The van der Waals surface area contributed by atoms with Gasteiger partial charge in [0.1, 0.15) is 30.1 Å². The molecule has 0 aliphatic carbocycles. The van der Waals surface area contributed by atoms with Gasteiger partial charge < -0.3 is 19.2 Å². The minimum Gasteiger partial charge on any atom is -0.492 e. The molecule has 1 N–H and O–H groups in total. The fourth-order valence-electron chi connectivity index (χ4n) is 3.88. The Morgan fingerprint density at radius 3 is 2.32 bits per heavy atom. The average molecular weight is 424 g/mol. The highest BCUT2D eigenvalue weighted by Gasteiger charge is 2.24. The lowest BCUT2D eigenvalue weighted by Gasteiger charge is -2.19. The smallest absolute Gasteiger partial charge is 0.311 e. The Labute approximate surface area is 182 Å². The number of aryl methyl sites for hydroxylation is 2. The number of carbonyl (C=O) groups is 2. The fourth-order valence-corrected chi connectivity index (χ4v) is 3.88. The second-order valence-electron chi connectivity index (χ2n) is 7.61. The number of likely N-dealkylation sites (N-methyl/N-ethyl adjacent to an activating group) is 1. The van der Waals surface area contributed by atoms with Gasteiger partial charge in [-0.25, -0.2) is 0 Å². The van der Waals surface area contributed by atoms with Crippen LogP contribution in [0.1, 0.15) is 46.7 Å². The van der Waals surface area contributed by atoms with Gasteiger partial charge in [-0.1, -0.05) is 32.0 Å². The Bertz CT molecular complexity index is 1070. The summed E-state index contributed by atoms with van der Waals surface area (Å²) in [6, 6.07) is 10.7. The Hall–Kier alpha value is -3.12. The Morgan fingerprint density at radius 2 is 1.71 bits per heavy atom. The molecule has 3 rings (SSSR count). The highest BCUT2D eigenvalue weighted by Crippen LogP contribution is 2.31. The van der Waals surface area contributed by atoms with Crippen molar-refractivity contribution < 1.29 is 23.8 Å². The van der Waals surface area contributed by atoms with Crippen LogP contribution in [0.5, 0.6) is 5.75 Å². The van der Waals surface area contributed by atoms with Crippen molar-refractivity contribution in [2.75, 3.05) is 26.2 Å². The summed E-state index contributed by atoms with van der Waals surface area (Å²) in [4.78, 5) is 27.0. The van der Waals surface area contributed by atoms with Crippen molar-refractivity contribution in [2.24, 2.45) is 0 Å². The van der Waals surface area contributed by atoms with Crippen LogP contribution in [-0.2, 0) is 11.2 Å². The molecular formula is C25H29NO5. The molecule has 1 aromatic heterocycles. The number of furan rings is 1. The summed E-state index contributed by atoms with van der Waals surface area (Å²) in [6.45, 7) is 11.4. The SMILES string of the molecule is CCN(CC)CCOc1c(C)cc(C(=O)c2c(CC(=O)O)oc3ccccc23)cc1C. The molecule has 6 heteroatoms. The third-order valence-electron chi connectivity index (χ3n) is 5.48. The number of ketones is 1. The summed E-state index contributed by atoms with van der Waals surface area (Å²) < 4.78 is 11.7. The molecule has 0 bridgehead atoms. The van der Waals surface area contributed by atoms with Gasteiger partial charge in [-0.3, -0.25) is 9.59 Å². The molecule has 0 aliphatic heterocycles. The average Bonchev–Trinajstić information content (AvgIpc) is 3.09. The van der Waals surface area contributed by atoms with Crippen LogP contribution in [0.2, 0.25) is 0 Å². The van der Waals surface area contributed by atoms with Gasteiger partial charge in [-0.2, -0.15) is 0 Å². The first-order valence-electron chi connectivity index (χ1n) is 10.6. The number of hydrogen-bond donors (Lipinski definition) is 1. The number of nitrogens with zero attached hydrogens (tertiary/aromatic N) is 1. The molecule has 0 saturated heterocycles. The van der Waals surface area contributed by atoms with Crippen LogP contribution in [0.4, 0.5) is 0 Å². The summed E-state index contributed by atoms with van der Waals surface area (Å²) in [5.74, 6) is -0.334. The molecule has 0 fully saturated rings. The first kappa shape index (κ1) is 22.6. The largest absolute Gasteiger partial charge is 0.492 e. The first-order chi connectivity index (χ1) is 14.8. The molecule has 3 aromatic rings. The highest BCUT2D eigenvalue weighted by molar-refractivity contribution is 6.17. The zero-order chi connectivity index (χ0) is 22.5. The van der Waals surface area contributed by atoms with E-state index in [-0.39, 0.29) is 18.0 Å². The maximum absolute atomic E-state index is 13.4. The highest BCUT2D eigenvalue weighted by atomic mass is 16.5. The van der Waals surface area contributed by atoms with E-state index in [0.29, 0.717) is 28.7 Å². The molecule has 0 aliphatic rings. The lowest BCUT2D eigenvalue weighted by atomic mass is 9.96. The minimum absolute atomic E-state index is 0.175. The Morgan fingerprint density at radius 1 is 1.06 bits per heavy atom. The number of ether oxygens (including phenoxy) is 1. The van der Waals surface area contributed by atoms with E-state index < -0.39 is 5.97 Å². The van der Waals surface area contributed by atoms with E-state index >= 15 is 0 Å². The van der Waals surface area contributed by atoms with E-state index in [0.717, 1.165) is 36.5 Å². The third-order valence-corrected chi connectivity index (χ3v) is 5.48. The molecule has 6 nitrogen and oxygen atoms in total. The minimum atomic E-state index is -1.04. The number of carbonyl (C=O) groups excluding carboxylic acids is 1. The summed E-state index contributed by atoms with van der Waals surface area (Å²) >= 11 is 0. The number of carboxylic acid groups (broad SMARTS) is 1. The maximum Gasteiger partial charge on any atom is 0.311 e. The van der Waals surface area contributed by atoms with Gasteiger partial charge in [0.05, 0.1) is 5.56 Å². The van der Waals surface area contributed by atoms with Crippen molar-refractivity contribution in [3.63, 3.8) is 0 Å². The molecule has 0 radical (unpaired) electrons. The molecule has 0 atom stereocenters. The quantitative estimate of drug-likeness (QED) is 0.479. The van der Waals surface area contributed by atoms with Crippen LogP contribution in [-0.4, -0.2) is 48.0 Å². The molecule has 31 heavy (non-hydrogen) atoms. The summed E-state index contributed by atoms with van der Waals surface area (Å²) in [5.41, 5.74) is 3.05. The van der Waals surface area contributed by atoms with E-state index in [1.54, 1.807) is 30.3 Å². The second kappa shape index (κ2) is 9.79. The van der Waals surface area contributed by atoms with E-state index in [1.807, 2.05) is 19.9 Å². The van der Waals surface area contributed by atoms with Gasteiger partial charge in [0.2, 0.25) is 0 Å². The number of carboxylic acids is 1. The van der Waals surface area contributed by atoms with Crippen LogP contribution in [0.3, 0.4) is 0 Å². The monoisotopic (exact) mass is 423 g/mol. The molecule has 0 saturated carbocycles. The van der Waals surface area contributed by atoms with Crippen molar-refractivity contribution in [3.05, 3.63) is 64.4 Å². The van der Waals surface area contributed by atoms with E-state index in [4.69, 9.17) is 9.15 Å². The van der Waals surface area contributed by atoms with Crippen LogP contribution in [0, 0.1) is 13.8 Å². The van der Waals surface area contributed by atoms with E-state index in [1.165, 1.54) is 0 Å². The van der Waals surface area contributed by atoms with E-state index in [2.05, 4.69) is 18.7 Å². The zero-order valence-electron chi connectivity index (χ0n) is 18.5. The zero-order valence-corrected chi connectivity index (χ0v) is 18.5. The predicted octanol–water partition coefficient (Wildman–Crippen LogP) is 4.63. The normalized spacial score (nSPS) is 11.3. The van der Waals surface area contributed by atoms with Gasteiger partial charge >= 0.3 is 5.97 Å². The number of para-hydroxylation sites is 1. The van der Waals surface area contributed by atoms with Crippen LogP contribution in [0.15, 0.2) is 40.8 Å². The predicted molar refractivity (Wildman–Crippen MR) is 120 cm³/mol. The van der Waals surface area contributed by atoms with Crippen LogP contribution >= 0.6 is 0 Å². The van der Waals surface area contributed by atoms with Gasteiger partial charge in [-0.15, -0.1) is 0 Å². The maximum atomic E-state index is 13.4. The summed E-state index contributed by atoms with van der Waals surface area (Å²) in [5, 5.41) is 9.88. The molecule has 1 heterocycles. The molecule has 2 aromatic carbocycles. The van der Waals surface area contributed by atoms with Crippen molar-refractivity contribution in [3.8, 4) is 5.75 Å². The van der Waals surface area contributed by atoms with Gasteiger partial charge in [0.15, 0.2) is 5.78 Å². The van der Waals surface area contributed by atoms with Gasteiger partial charge in [0.25, 0.3) is 0 Å². The van der Waals surface area contributed by atoms with Crippen molar-refractivity contribution in [2.45, 2.75) is 34.1 Å². The molecule has 0 unspecified atom stereocenters.